The zero-order valence-corrected chi connectivity index (χ0v) is 17.3. The van der Waals surface area contributed by atoms with Crippen molar-refractivity contribution in [3.05, 3.63) is 0 Å². The molecule has 6 heteroatoms. The molecule has 27 heavy (non-hydrogen) atoms. The maximum absolute atomic E-state index is 12.8. The Morgan fingerprint density at radius 3 is 2.15 bits per heavy atom. The Hall–Kier alpha value is -1.30. The number of urea groups is 1. The van der Waals surface area contributed by atoms with Crippen LogP contribution < -0.4 is 5.32 Å². The molecule has 1 atom stereocenters. The molecule has 154 valence electrons. The number of nitrogens with one attached hydrogen (secondary N) is 1. The number of amides is 3. The molecule has 3 rings (SSSR count). The second kappa shape index (κ2) is 9.76. The van der Waals surface area contributed by atoms with Gasteiger partial charge in [0, 0.05) is 51.7 Å². The van der Waals surface area contributed by atoms with Gasteiger partial charge in [-0.05, 0) is 45.1 Å². The zero-order valence-electron chi connectivity index (χ0n) is 17.3. The molecule has 1 aliphatic carbocycles. The van der Waals surface area contributed by atoms with Crippen LogP contribution in [0.5, 0.6) is 0 Å². The molecule has 1 N–H and O–H groups in total. The maximum Gasteiger partial charge on any atom is 0.319 e. The second-order valence-electron chi connectivity index (χ2n) is 8.93. The summed E-state index contributed by atoms with van der Waals surface area (Å²) in [5.41, 5.74) is 0. The van der Waals surface area contributed by atoms with Crippen LogP contribution in [0.2, 0.25) is 0 Å². The van der Waals surface area contributed by atoms with Crippen LogP contribution in [0.25, 0.3) is 0 Å². The van der Waals surface area contributed by atoms with Gasteiger partial charge in [-0.3, -0.25) is 9.69 Å². The van der Waals surface area contributed by atoms with Crippen LogP contribution in [-0.2, 0) is 4.79 Å². The maximum atomic E-state index is 12.8. The highest BCUT2D eigenvalue weighted by Crippen LogP contribution is 2.25. The average molecular weight is 379 g/mol. The highest BCUT2D eigenvalue weighted by Gasteiger charge is 2.31. The van der Waals surface area contributed by atoms with Crippen LogP contribution in [0.15, 0.2) is 0 Å². The molecule has 2 saturated heterocycles. The number of rotatable bonds is 3. The molecular formula is C21H38N4O2. The Labute approximate surface area is 164 Å². The largest absolute Gasteiger partial charge is 0.352 e. The summed E-state index contributed by atoms with van der Waals surface area (Å²) < 4.78 is 0. The van der Waals surface area contributed by atoms with Crippen LogP contribution in [0.3, 0.4) is 0 Å². The predicted octanol–water partition coefficient (Wildman–Crippen LogP) is 2.68. The quantitative estimate of drug-likeness (QED) is 0.768. The third-order valence-electron chi connectivity index (χ3n) is 6.66. The molecular weight excluding hydrogens is 340 g/mol. The lowest BCUT2D eigenvalue weighted by atomic mass is 9.94. The van der Waals surface area contributed by atoms with Gasteiger partial charge >= 0.3 is 6.03 Å². The van der Waals surface area contributed by atoms with Crippen molar-refractivity contribution in [1.82, 2.24) is 20.0 Å². The van der Waals surface area contributed by atoms with Gasteiger partial charge in [-0.15, -0.1) is 0 Å². The van der Waals surface area contributed by atoms with E-state index < -0.39 is 0 Å². The number of nitrogens with zero attached hydrogens (tertiary/aromatic N) is 3. The molecule has 3 amide bonds. The number of hydrogen-bond donors (Lipinski definition) is 1. The summed E-state index contributed by atoms with van der Waals surface area (Å²) >= 11 is 0. The molecule has 0 aromatic rings. The lowest BCUT2D eigenvalue weighted by Crippen LogP contribution is -2.53. The van der Waals surface area contributed by atoms with E-state index in [1.54, 1.807) is 19.0 Å². The molecule has 0 spiro atoms. The Bertz CT molecular complexity index is 494. The lowest BCUT2D eigenvalue weighted by Gasteiger charge is -2.39. The van der Waals surface area contributed by atoms with E-state index in [4.69, 9.17) is 0 Å². The van der Waals surface area contributed by atoms with Crippen LogP contribution in [-0.4, -0.2) is 79.0 Å². The number of carbonyl (C=O) groups is 2. The van der Waals surface area contributed by atoms with Crippen molar-refractivity contribution in [3.63, 3.8) is 0 Å². The molecule has 0 radical (unpaired) electrons. The molecule has 3 fully saturated rings. The van der Waals surface area contributed by atoms with Crippen molar-refractivity contribution in [2.45, 2.75) is 76.3 Å². The third-order valence-corrected chi connectivity index (χ3v) is 6.66. The van der Waals surface area contributed by atoms with E-state index in [2.05, 4.69) is 10.2 Å². The van der Waals surface area contributed by atoms with E-state index in [-0.39, 0.29) is 17.9 Å². The number of carbonyl (C=O) groups excluding carboxylic acids is 2. The van der Waals surface area contributed by atoms with E-state index in [1.807, 2.05) is 4.90 Å². The molecule has 0 aromatic carbocycles. The molecule has 3 aliphatic rings. The summed E-state index contributed by atoms with van der Waals surface area (Å²) in [5.74, 6) is 0.268. The van der Waals surface area contributed by atoms with Crippen molar-refractivity contribution in [3.8, 4) is 0 Å². The number of likely N-dealkylation sites (tertiary alicyclic amines) is 2. The van der Waals surface area contributed by atoms with Gasteiger partial charge in [0.15, 0.2) is 0 Å². The van der Waals surface area contributed by atoms with E-state index in [0.29, 0.717) is 19.1 Å². The van der Waals surface area contributed by atoms with Crippen LogP contribution in [0.4, 0.5) is 4.79 Å². The zero-order chi connectivity index (χ0) is 19.2. The van der Waals surface area contributed by atoms with Gasteiger partial charge in [0.2, 0.25) is 5.91 Å². The lowest BCUT2D eigenvalue weighted by molar-refractivity contribution is -0.127. The Morgan fingerprint density at radius 1 is 0.852 bits per heavy atom. The molecule has 0 aromatic heterocycles. The van der Waals surface area contributed by atoms with Gasteiger partial charge in [0.1, 0.15) is 0 Å². The Balaban J connectivity index is 1.44. The fourth-order valence-electron chi connectivity index (χ4n) is 5.01. The number of piperidine rings is 2. The van der Waals surface area contributed by atoms with Gasteiger partial charge in [-0.25, -0.2) is 4.79 Å². The molecule has 2 aliphatic heterocycles. The SMILES string of the molecule is CN(C)C(=O)N1CCC(C(=O)NC2CCCN(C3CCCCCC3)C2)CC1. The first-order chi connectivity index (χ1) is 13.0. The minimum Gasteiger partial charge on any atom is -0.352 e. The van der Waals surface area contributed by atoms with Crippen molar-refractivity contribution in [1.29, 1.82) is 0 Å². The normalized spacial score (nSPS) is 26.4. The third kappa shape index (κ3) is 5.59. The minimum absolute atomic E-state index is 0.0557. The molecule has 6 nitrogen and oxygen atoms in total. The van der Waals surface area contributed by atoms with E-state index in [0.717, 1.165) is 31.8 Å². The standard InChI is InChI=1S/C21H38N4O2/c1-23(2)21(27)24-14-11-17(12-15-24)20(26)22-18-8-7-13-25(16-18)19-9-5-3-4-6-10-19/h17-19H,3-16H2,1-2H3,(H,22,26). The monoisotopic (exact) mass is 378 g/mol. The van der Waals surface area contributed by atoms with Crippen molar-refractivity contribution in [2.75, 3.05) is 40.3 Å². The summed E-state index contributed by atoms with van der Waals surface area (Å²) in [4.78, 5) is 30.9. The van der Waals surface area contributed by atoms with Crippen LogP contribution in [0.1, 0.15) is 64.2 Å². The van der Waals surface area contributed by atoms with Gasteiger partial charge in [0.05, 0.1) is 0 Å². The Morgan fingerprint density at radius 2 is 1.52 bits per heavy atom. The summed E-state index contributed by atoms with van der Waals surface area (Å²) in [6.07, 6.45) is 12.0. The fraction of sp³-hybridized carbons (Fsp3) is 0.905. The first kappa shape index (κ1) is 20.4. The molecule has 0 bridgehead atoms. The smallest absolute Gasteiger partial charge is 0.319 e. The molecule has 1 saturated carbocycles. The molecule has 1 unspecified atom stereocenters. The molecule has 2 heterocycles. The van der Waals surface area contributed by atoms with E-state index in [9.17, 15) is 9.59 Å². The predicted molar refractivity (Wildman–Crippen MR) is 108 cm³/mol. The summed E-state index contributed by atoms with van der Waals surface area (Å²) in [7, 11) is 3.56. The van der Waals surface area contributed by atoms with Crippen molar-refractivity contribution >= 4 is 11.9 Å². The average Bonchev–Trinajstić information content (AvgIpc) is 2.97. The van der Waals surface area contributed by atoms with Gasteiger partial charge in [-0.1, -0.05) is 25.7 Å². The fourth-order valence-corrected chi connectivity index (χ4v) is 5.01. The minimum atomic E-state index is 0.0557. The summed E-state index contributed by atoms with van der Waals surface area (Å²) in [5, 5.41) is 3.35. The second-order valence-corrected chi connectivity index (χ2v) is 8.93. The summed E-state index contributed by atoms with van der Waals surface area (Å²) in [6.45, 7) is 3.60. The van der Waals surface area contributed by atoms with Crippen LogP contribution >= 0.6 is 0 Å². The van der Waals surface area contributed by atoms with Gasteiger partial charge in [0.25, 0.3) is 0 Å². The van der Waals surface area contributed by atoms with Gasteiger partial charge < -0.3 is 15.1 Å². The van der Waals surface area contributed by atoms with Gasteiger partial charge in [-0.2, -0.15) is 0 Å². The van der Waals surface area contributed by atoms with E-state index in [1.165, 1.54) is 51.5 Å². The highest BCUT2D eigenvalue weighted by atomic mass is 16.2. The first-order valence-electron chi connectivity index (χ1n) is 11.0. The topological polar surface area (TPSA) is 55.9 Å². The Kier molecular flexibility index (Phi) is 7.39. The summed E-state index contributed by atoms with van der Waals surface area (Å²) in [6, 6.07) is 1.09. The van der Waals surface area contributed by atoms with Crippen molar-refractivity contribution < 1.29 is 9.59 Å². The first-order valence-corrected chi connectivity index (χ1v) is 11.0. The van der Waals surface area contributed by atoms with Crippen LogP contribution in [0, 0.1) is 5.92 Å². The highest BCUT2D eigenvalue weighted by molar-refractivity contribution is 5.80. The van der Waals surface area contributed by atoms with E-state index >= 15 is 0 Å². The van der Waals surface area contributed by atoms with Crippen molar-refractivity contribution in [2.24, 2.45) is 5.92 Å². The number of hydrogen-bond acceptors (Lipinski definition) is 3.